The highest BCUT2D eigenvalue weighted by Crippen LogP contribution is 2.22. The molecule has 2 aromatic carbocycles. The summed E-state index contributed by atoms with van der Waals surface area (Å²) in [4.78, 5) is 12.4. The summed E-state index contributed by atoms with van der Waals surface area (Å²) in [5.74, 6) is -0.216. The van der Waals surface area contributed by atoms with E-state index in [4.69, 9.17) is 0 Å². The highest BCUT2D eigenvalue weighted by molar-refractivity contribution is 5.93. The van der Waals surface area contributed by atoms with Crippen molar-refractivity contribution >= 4 is 5.91 Å². The number of nitrogens with one attached hydrogen (secondary N) is 2. The minimum absolute atomic E-state index is 0.0638. The fourth-order valence-electron chi connectivity index (χ4n) is 2.49. The Morgan fingerprint density at radius 2 is 1.81 bits per heavy atom. The molecule has 0 radical (unpaired) electrons. The lowest BCUT2D eigenvalue weighted by Crippen LogP contribution is -2.26. The molecule has 1 atom stereocenters. The summed E-state index contributed by atoms with van der Waals surface area (Å²) >= 11 is 0. The number of hydrogen-bond donors (Lipinski definition) is 2. The van der Waals surface area contributed by atoms with E-state index >= 15 is 0 Å². The molecule has 0 bridgehead atoms. The highest BCUT2D eigenvalue weighted by Gasteiger charge is 2.14. The molecule has 0 saturated carbocycles. The van der Waals surface area contributed by atoms with Gasteiger partial charge in [-0.25, -0.2) is 0 Å². The van der Waals surface area contributed by atoms with Crippen LogP contribution in [-0.2, 0) is 0 Å². The van der Waals surface area contributed by atoms with Gasteiger partial charge in [0.1, 0.15) is 11.4 Å². The summed E-state index contributed by atoms with van der Waals surface area (Å²) in [6.07, 6.45) is 0. The van der Waals surface area contributed by atoms with Crippen LogP contribution in [0.15, 0.2) is 60.7 Å². The van der Waals surface area contributed by atoms with E-state index < -0.39 is 6.61 Å². The van der Waals surface area contributed by atoms with Crippen molar-refractivity contribution in [2.24, 2.45) is 0 Å². The van der Waals surface area contributed by atoms with Crippen LogP contribution >= 0.6 is 0 Å². The van der Waals surface area contributed by atoms with Crippen LogP contribution < -0.4 is 10.1 Å². The Kier molecular flexibility index (Phi) is 5.26. The number of benzene rings is 2. The van der Waals surface area contributed by atoms with Crippen LogP contribution in [0.1, 0.15) is 29.0 Å². The maximum absolute atomic E-state index is 12.4. The number of alkyl halides is 2. The van der Waals surface area contributed by atoms with Crippen molar-refractivity contribution < 1.29 is 18.3 Å². The number of aromatic nitrogens is 2. The van der Waals surface area contributed by atoms with E-state index in [0.717, 1.165) is 5.56 Å². The number of halogens is 2. The van der Waals surface area contributed by atoms with Gasteiger partial charge in [-0.15, -0.1) is 0 Å². The Bertz CT molecular complexity index is 864. The van der Waals surface area contributed by atoms with Gasteiger partial charge < -0.3 is 10.1 Å². The van der Waals surface area contributed by atoms with E-state index in [1.807, 2.05) is 37.3 Å². The first-order valence-electron chi connectivity index (χ1n) is 7.99. The highest BCUT2D eigenvalue weighted by atomic mass is 19.3. The number of hydrogen-bond acceptors (Lipinski definition) is 3. The second-order valence-corrected chi connectivity index (χ2v) is 5.68. The van der Waals surface area contributed by atoms with Crippen LogP contribution in [0.3, 0.4) is 0 Å². The minimum Gasteiger partial charge on any atom is -0.435 e. The van der Waals surface area contributed by atoms with E-state index in [0.29, 0.717) is 17.0 Å². The summed E-state index contributed by atoms with van der Waals surface area (Å²) in [6.45, 7) is -0.972. The Balaban J connectivity index is 1.68. The molecule has 1 amide bonds. The van der Waals surface area contributed by atoms with E-state index in [9.17, 15) is 13.6 Å². The first-order chi connectivity index (χ1) is 12.5. The third kappa shape index (κ3) is 4.24. The van der Waals surface area contributed by atoms with Crippen molar-refractivity contribution in [3.8, 4) is 17.0 Å². The molecule has 3 aromatic rings. The predicted octanol–water partition coefficient (Wildman–Crippen LogP) is 4.17. The second kappa shape index (κ2) is 7.77. The van der Waals surface area contributed by atoms with Crippen LogP contribution in [0.4, 0.5) is 8.78 Å². The third-order valence-corrected chi connectivity index (χ3v) is 3.84. The van der Waals surface area contributed by atoms with Gasteiger partial charge in [0.05, 0.1) is 11.7 Å². The molecule has 0 saturated heterocycles. The van der Waals surface area contributed by atoms with Crippen LogP contribution in [-0.4, -0.2) is 22.7 Å². The zero-order valence-electron chi connectivity index (χ0n) is 13.9. The van der Waals surface area contributed by atoms with E-state index in [1.165, 1.54) is 12.1 Å². The zero-order chi connectivity index (χ0) is 18.5. The smallest absolute Gasteiger partial charge is 0.387 e. The largest absolute Gasteiger partial charge is 0.435 e. The number of ether oxygens (including phenoxy) is 1. The van der Waals surface area contributed by atoms with Gasteiger partial charge in [0.15, 0.2) is 0 Å². The zero-order valence-corrected chi connectivity index (χ0v) is 13.9. The molecule has 134 valence electrons. The molecular formula is C19H17F2N3O2. The van der Waals surface area contributed by atoms with Gasteiger partial charge in [0.25, 0.3) is 5.91 Å². The molecule has 1 heterocycles. The van der Waals surface area contributed by atoms with Gasteiger partial charge in [-0.3, -0.25) is 9.89 Å². The first-order valence-corrected chi connectivity index (χ1v) is 7.99. The Morgan fingerprint density at radius 1 is 1.12 bits per heavy atom. The summed E-state index contributed by atoms with van der Waals surface area (Å²) in [6, 6.07) is 17.1. The molecule has 26 heavy (non-hydrogen) atoms. The normalized spacial score (nSPS) is 12.0. The van der Waals surface area contributed by atoms with E-state index in [2.05, 4.69) is 20.3 Å². The number of carbonyl (C=O) groups excluding carboxylic acids is 1. The SMILES string of the molecule is CC(NC(=O)c1cc(-c2ccc(OC(F)F)cc2)n[nH]1)c1ccccc1. The summed E-state index contributed by atoms with van der Waals surface area (Å²) in [5, 5.41) is 9.69. The third-order valence-electron chi connectivity index (χ3n) is 3.84. The average Bonchev–Trinajstić information content (AvgIpc) is 3.13. The van der Waals surface area contributed by atoms with E-state index in [-0.39, 0.29) is 17.7 Å². The predicted molar refractivity (Wildman–Crippen MR) is 93.0 cm³/mol. The topological polar surface area (TPSA) is 67.0 Å². The number of aromatic amines is 1. The van der Waals surface area contributed by atoms with Gasteiger partial charge in [-0.1, -0.05) is 30.3 Å². The summed E-state index contributed by atoms with van der Waals surface area (Å²) in [7, 11) is 0. The maximum Gasteiger partial charge on any atom is 0.387 e. The van der Waals surface area contributed by atoms with Crippen LogP contribution in [0.2, 0.25) is 0 Å². The molecule has 0 aliphatic rings. The molecule has 1 unspecified atom stereocenters. The molecule has 0 aliphatic heterocycles. The van der Waals surface area contributed by atoms with Gasteiger partial charge in [-0.2, -0.15) is 13.9 Å². The fraction of sp³-hybridized carbons (Fsp3) is 0.158. The molecule has 0 fully saturated rings. The number of rotatable bonds is 6. The average molecular weight is 357 g/mol. The number of carbonyl (C=O) groups is 1. The first kappa shape index (κ1) is 17.6. The van der Waals surface area contributed by atoms with Gasteiger partial charge in [-0.05, 0) is 42.8 Å². The Labute approximate surface area is 149 Å². The maximum atomic E-state index is 12.4. The van der Waals surface area contributed by atoms with Crippen LogP contribution in [0.5, 0.6) is 5.75 Å². The van der Waals surface area contributed by atoms with Crippen molar-refractivity contribution in [2.75, 3.05) is 0 Å². The molecule has 7 heteroatoms. The van der Waals surface area contributed by atoms with Crippen molar-refractivity contribution in [1.82, 2.24) is 15.5 Å². The van der Waals surface area contributed by atoms with E-state index in [1.54, 1.807) is 18.2 Å². The lowest BCUT2D eigenvalue weighted by atomic mass is 10.1. The number of H-pyrrole nitrogens is 1. The summed E-state index contributed by atoms with van der Waals surface area (Å²) in [5.41, 5.74) is 2.52. The van der Waals surface area contributed by atoms with Crippen LogP contribution in [0.25, 0.3) is 11.3 Å². The lowest BCUT2D eigenvalue weighted by Gasteiger charge is -2.13. The van der Waals surface area contributed by atoms with Crippen molar-refractivity contribution in [2.45, 2.75) is 19.6 Å². The number of amides is 1. The van der Waals surface area contributed by atoms with Crippen molar-refractivity contribution in [3.63, 3.8) is 0 Å². The summed E-state index contributed by atoms with van der Waals surface area (Å²) < 4.78 is 28.7. The van der Waals surface area contributed by atoms with Gasteiger partial charge in [0, 0.05) is 5.56 Å². The monoisotopic (exact) mass is 357 g/mol. The second-order valence-electron chi connectivity index (χ2n) is 5.68. The quantitative estimate of drug-likeness (QED) is 0.696. The fourth-order valence-corrected chi connectivity index (χ4v) is 2.49. The molecule has 3 rings (SSSR count). The van der Waals surface area contributed by atoms with Crippen molar-refractivity contribution in [3.05, 3.63) is 71.9 Å². The van der Waals surface area contributed by atoms with Gasteiger partial charge in [0.2, 0.25) is 0 Å². The Morgan fingerprint density at radius 3 is 2.46 bits per heavy atom. The molecule has 1 aromatic heterocycles. The molecule has 0 spiro atoms. The Hall–Kier alpha value is -3.22. The van der Waals surface area contributed by atoms with Gasteiger partial charge >= 0.3 is 6.61 Å². The van der Waals surface area contributed by atoms with Crippen LogP contribution in [0, 0.1) is 0 Å². The molecule has 2 N–H and O–H groups in total. The standard InChI is InChI=1S/C19H17F2N3O2/c1-12(13-5-3-2-4-6-13)22-18(25)17-11-16(23-24-17)14-7-9-15(10-8-14)26-19(20)21/h2-12,19H,1H3,(H,22,25)(H,23,24). The van der Waals surface area contributed by atoms with Crippen molar-refractivity contribution in [1.29, 1.82) is 0 Å². The lowest BCUT2D eigenvalue weighted by molar-refractivity contribution is -0.0498. The molecular weight excluding hydrogens is 340 g/mol. The molecule has 5 nitrogen and oxygen atoms in total. The molecule has 0 aliphatic carbocycles. The minimum atomic E-state index is -2.87. The number of nitrogens with zero attached hydrogens (tertiary/aromatic N) is 1.